The third kappa shape index (κ3) is 6.55. The number of rotatable bonds is 1. The predicted molar refractivity (Wildman–Crippen MR) is 78.6 cm³/mol. The highest BCUT2D eigenvalue weighted by Gasteiger charge is 2.15. The first-order valence-corrected chi connectivity index (χ1v) is 7.19. The molecule has 0 aromatic carbocycles. The van der Waals surface area contributed by atoms with Gasteiger partial charge in [-0.15, -0.1) is 0 Å². The fourth-order valence-corrected chi connectivity index (χ4v) is 1.54. The molecule has 4 nitrogen and oxygen atoms in total. The van der Waals surface area contributed by atoms with Gasteiger partial charge in [0.1, 0.15) is 0 Å². The molecule has 3 rings (SSSR count). The molecule has 0 radical (unpaired) electrons. The van der Waals surface area contributed by atoms with Gasteiger partial charge < -0.3 is 14.7 Å². The number of aliphatic hydroxyl groups is 1. The smallest absolute Gasteiger partial charge is 0.0642 e. The van der Waals surface area contributed by atoms with Crippen molar-refractivity contribution in [1.82, 2.24) is 4.98 Å². The van der Waals surface area contributed by atoms with Crippen LogP contribution in [0.2, 0.25) is 0 Å². The normalized spacial score (nSPS) is 17.8. The third-order valence-electron chi connectivity index (χ3n) is 2.82. The van der Waals surface area contributed by atoms with Gasteiger partial charge in [0, 0.05) is 18.8 Å². The number of hydrogen-bond acceptors (Lipinski definition) is 4. The highest BCUT2D eigenvalue weighted by atomic mass is 16.5. The van der Waals surface area contributed by atoms with Gasteiger partial charge in [-0.1, -0.05) is 13.8 Å². The number of nitrogens with zero attached hydrogens (tertiary/aromatic N) is 2. The van der Waals surface area contributed by atoms with Crippen molar-refractivity contribution < 1.29 is 9.84 Å². The molecule has 19 heavy (non-hydrogen) atoms. The van der Waals surface area contributed by atoms with Crippen molar-refractivity contribution in [2.45, 2.75) is 39.7 Å². The first-order chi connectivity index (χ1) is 9.25. The molecule has 0 spiro atoms. The molecule has 1 aliphatic heterocycles. The van der Waals surface area contributed by atoms with Gasteiger partial charge in [0.05, 0.1) is 31.2 Å². The van der Waals surface area contributed by atoms with Crippen LogP contribution >= 0.6 is 0 Å². The van der Waals surface area contributed by atoms with E-state index < -0.39 is 0 Å². The van der Waals surface area contributed by atoms with Gasteiger partial charge in [-0.2, -0.15) is 0 Å². The van der Waals surface area contributed by atoms with Gasteiger partial charge in [-0.3, -0.25) is 4.98 Å². The summed E-state index contributed by atoms with van der Waals surface area (Å²) >= 11 is 0. The summed E-state index contributed by atoms with van der Waals surface area (Å²) in [7, 11) is 0. The fourth-order valence-electron chi connectivity index (χ4n) is 1.54. The van der Waals surface area contributed by atoms with E-state index in [9.17, 15) is 0 Å². The zero-order valence-corrected chi connectivity index (χ0v) is 12.3. The van der Waals surface area contributed by atoms with Gasteiger partial charge in [0.15, 0.2) is 0 Å². The second-order valence-electron chi connectivity index (χ2n) is 4.49. The molecule has 1 saturated carbocycles. The summed E-state index contributed by atoms with van der Waals surface area (Å²) in [4.78, 5) is 6.57. The third-order valence-corrected chi connectivity index (χ3v) is 2.82. The molecule has 0 unspecified atom stereocenters. The minimum absolute atomic E-state index is 0.0833. The molecular weight excluding hydrogens is 240 g/mol. The zero-order valence-electron chi connectivity index (χ0n) is 12.3. The standard InChI is InChI=1S/C10H14N2O.C3H6O.C2H6/c1-9-2-3-10(8-11-9)12-4-6-13-7-5-12;4-3-1-2-3;1-2/h2-3,8H,4-7H2,1H3;3-4H,1-2H2;1-2H3. The van der Waals surface area contributed by atoms with Crippen LogP contribution in [0.3, 0.4) is 0 Å². The Labute approximate surface area is 116 Å². The van der Waals surface area contributed by atoms with Crippen LogP contribution in [0.15, 0.2) is 18.3 Å². The summed E-state index contributed by atoms with van der Waals surface area (Å²) in [5, 5.41) is 8.17. The Hall–Kier alpha value is -1.13. The van der Waals surface area contributed by atoms with Crippen LogP contribution < -0.4 is 4.90 Å². The number of pyridine rings is 1. The van der Waals surface area contributed by atoms with E-state index in [1.165, 1.54) is 5.69 Å². The van der Waals surface area contributed by atoms with E-state index in [1.807, 2.05) is 33.0 Å². The van der Waals surface area contributed by atoms with Crippen molar-refractivity contribution in [3.05, 3.63) is 24.0 Å². The van der Waals surface area contributed by atoms with Crippen LogP contribution in [0.4, 0.5) is 5.69 Å². The Balaban J connectivity index is 0.000000253. The number of morpholine rings is 1. The molecule has 4 heteroatoms. The maximum Gasteiger partial charge on any atom is 0.0642 e. The summed E-state index contributed by atoms with van der Waals surface area (Å²) < 4.78 is 5.28. The van der Waals surface area contributed by atoms with Gasteiger partial charge in [0.2, 0.25) is 0 Å². The first-order valence-electron chi connectivity index (χ1n) is 7.19. The fraction of sp³-hybridized carbons (Fsp3) is 0.667. The SMILES string of the molecule is CC.Cc1ccc(N2CCOCC2)cn1.OC1CC1. The van der Waals surface area contributed by atoms with E-state index in [-0.39, 0.29) is 6.10 Å². The molecule has 1 saturated heterocycles. The topological polar surface area (TPSA) is 45.6 Å². The van der Waals surface area contributed by atoms with Crippen molar-refractivity contribution in [3.8, 4) is 0 Å². The quantitative estimate of drug-likeness (QED) is 0.848. The van der Waals surface area contributed by atoms with Crippen molar-refractivity contribution in [2.75, 3.05) is 31.2 Å². The molecule has 2 fully saturated rings. The van der Waals surface area contributed by atoms with E-state index in [2.05, 4.69) is 16.0 Å². The van der Waals surface area contributed by atoms with Crippen LogP contribution in [0.5, 0.6) is 0 Å². The summed E-state index contributed by atoms with van der Waals surface area (Å²) in [6.45, 7) is 9.61. The van der Waals surface area contributed by atoms with Gasteiger partial charge >= 0.3 is 0 Å². The number of aryl methyl sites for hydroxylation is 1. The number of hydrogen-bond donors (Lipinski definition) is 1. The van der Waals surface area contributed by atoms with Crippen molar-refractivity contribution in [3.63, 3.8) is 0 Å². The molecule has 0 bridgehead atoms. The molecule has 1 aromatic heterocycles. The molecule has 0 atom stereocenters. The average Bonchev–Trinajstić information content (AvgIpc) is 3.26. The Morgan fingerprint density at radius 3 is 2.21 bits per heavy atom. The molecule has 1 aromatic rings. The highest BCUT2D eigenvalue weighted by molar-refractivity contribution is 5.44. The molecule has 2 heterocycles. The van der Waals surface area contributed by atoms with E-state index in [0.717, 1.165) is 44.8 Å². The minimum Gasteiger partial charge on any atom is -0.393 e. The maximum atomic E-state index is 8.17. The second kappa shape index (κ2) is 8.88. The molecule has 108 valence electrons. The second-order valence-corrected chi connectivity index (χ2v) is 4.49. The Morgan fingerprint density at radius 1 is 1.21 bits per heavy atom. The molecule has 1 aliphatic carbocycles. The van der Waals surface area contributed by atoms with Crippen molar-refractivity contribution >= 4 is 5.69 Å². The molecule has 2 aliphatic rings. The van der Waals surface area contributed by atoms with E-state index in [0.29, 0.717) is 0 Å². The average molecular weight is 266 g/mol. The van der Waals surface area contributed by atoms with Crippen LogP contribution in [0.25, 0.3) is 0 Å². The molecular formula is C15H26N2O2. The van der Waals surface area contributed by atoms with Crippen LogP contribution in [-0.4, -0.2) is 42.5 Å². The Bertz CT molecular complexity index is 331. The lowest BCUT2D eigenvalue weighted by molar-refractivity contribution is 0.122. The number of aliphatic hydroxyl groups excluding tert-OH is 1. The number of anilines is 1. The summed E-state index contributed by atoms with van der Waals surface area (Å²) in [5.74, 6) is 0. The largest absolute Gasteiger partial charge is 0.393 e. The summed E-state index contributed by atoms with van der Waals surface area (Å²) in [5.41, 5.74) is 2.27. The van der Waals surface area contributed by atoms with E-state index in [4.69, 9.17) is 9.84 Å². The van der Waals surface area contributed by atoms with Crippen LogP contribution in [0, 0.1) is 6.92 Å². The lowest BCUT2D eigenvalue weighted by atomic mass is 10.3. The lowest BCUT2D eigenvalue weighted by Crippen LogP contribution is -2.36. The van der Waals surface area contributed by atoms with Crippen LogP contribution in [0.1, 0.15) is 32.4 Å². The Morgan fingerprint density at radius 2 is 1.79 bits per heavy atom. The summed E-state index contributed by atoms with van der Waals surface area (Å²) in [6, 6.07) is 4.17. The zero-order chi connectivity index (χ0) is 14.1. The summed E-state index contributed by atoms with van der Waals surface area (Å²) in [6.07, 6.45) is 4.10. The Kier molecular flexibility index (Phi) is 7.45. The van der Waals surface area contributed by atoms with Crippen molar-refractivity contribution in [1.29, 1.82) is 0 Å². The number of ether oxygens (including phenoxy) is 1. The monoisotopic (exact) mass is 266 g/mol. The van der Waals surface area contributed by atoms with Gasteiger partial charge in [-0.05, 0) is 31.9 Å². The van der Waals surface area contributed by atoms with Crippen LogP contribution in [-0.2, 0) is 4.74 Å². The van der Waals surface area contributed by atoms with Crippen molar-refractivity contribution in [2.24, 2.45) is 0 Å². The first kappa shape index (κ1) is 15.9. The molecule has 1 N–H and O–H groups in total. The number of aromatic nitrogens is 1. The van der Waals surface area contributed by atoms with E-state index in [1.54, 1.807) is 0 Å². The van der Waals surface area contributed by atoms with Gasteiger partial charge in [-0.25, -0.2) is 0 Å². The highest BCUT2D eigenvalue weighted by Crippen LogP contribution is 2.17. The minimum atomic E-state index is 0.0833. The predicted octanol–water partition coefficient (Wildman–Crippen LogP) is 2.39. The maximum absolute atomic E-state index is 8.17. The molecule has 0 amide bonds. The van der Waals surface area contributed by atoms with E-state index >= 15 is 0 Å². The van der Waals surface area contributed by atoms with Gasteiger partial charge in [0.25, 0.3) is 0 Å². The lowest BCUT2D eigenvalue weighted by Gasteiger charge is -2.28.